The van der Waals surface area contributed by atoms with E-state index in [0.29, 0.717) is 17.1 Å². The van der Waals surface area contributed by atoms with Gasteiger partial charge in [0, 0.05) is 6.04 Å². The second kappa shape index (κ2) is 4.19. The summed E-state index contributed by atoms with van der Waals surface area (Å²) in [4.78, 5) is 3.08. The highest BCUT2D eigenvalue weighted by atomic mass is 32.1. The standard InChI is InChI=1S/C9H18N2S/c1-7(2)11-6-4-3-5-8(11)9(10)12/h7-8H,3-6H2,1-2H3,(H2,10,12). The fourth-order valence-corrected chi connectivity index (χ4v) is 2.13. The molecule has 0 spiro atoms. The van der Waals surface area contributed by atoms with Crippen LogP contribution >= 0.6 is 12.2 Å². The average Bonchev–Trinajstić information content (AvgIpc) is 2.04. The Hall–Kier alpha value is -0.150. The van der Waals surface area contributed by atoms with Crippen molar-refractivity contribution < 1.29 is 0 Å². The third kappa shape index (κ3) is 2.17. The van der Waals surface area contributed by atoms with Crippen molar-refractivity contribution in [3.05, 3.63) is 0 Å². The molecule has 0 bridgehead atoms. The smallest absolute Gasteiger partial charge is 0.0902 e. The molecule has 1 aliphatic rings. The molecule has 2 nitrogen and oxygen atoms in total. The lowest BCUT2D eigenvalue weighted by Gasteiger charge is -2.37. The first-order chi connectivity index (χ1) is 5.63. The van der Waals surface area contributed by atoms with Crippen molar-refractivity contribution >= 4 is 17.2 Å². The minimum atomic E-state index is 0.355. The van der Waals surface area contributed by atoms with E-state index >= 15 is 0 Å². The minimum absolute atomic E-state index is 0.355. The fraction of sp³-hybridized carbons (Fsp3) is 0.889. The largest absolute Gasteiger partial charge is 0.392 e. The highest BCUT2D eigenvalue weighted by molar-refractivity contribution is 7.80. The maximum Gasteiger partial charge on any atom is 0.0902 e. The Balaban J connectivity index is 2.60. The molecular weight excluding hydrogens is 168 g/mol. The van der Waals surface area contributed by atoms with Crippen molar-refractivity contribution in [2.75, 3.05) is 6.54 Å². The molecule has 12 heavy (non-hydrogen) atoms. The SMILES string of the molecule is CC(C)N1CCCCC1C(N)=S. The van der Waals surface area contributed by atoms with Crippen molar-refractivity contribution in [3.63, 3.8) is 0 Å². The van der Waals surface area contributed by atoms with Gasteiger partial charge in [0.25, 0.3) is 0 Å². The molecule has 1 aliphatic heterocycles. The molecule has 1 unspecified atom stereocenters. The van der Waals surface area contributed by atoms with Crippen LogP contribution in [0.25, 0.3) is 0 Å². The highest BCUT2D eigenvalue weighted by Crippen LogP contribution is 2.19. The third-order valence-electron chi connectivity index (χ3n) is 2.54. The van der Waals surface area contributed by atoms with Crippen molar-refractivity contribution in [3.8, 4) is 0 Å². The third-order valence-corrected chi connectivity index (χ3v) is 2.81. The van der Waals surface area contributed by atoms with Crippen LogP contribution in [-0.4, -0.2) is 28.5 Å². The van der Waals surface area contributed by atoms with Gasteiger partial charge in [0.1, 0.15) is 0 Å². The Labute approximate surface area is 80.1 Å². The van der Waals surface area contributed by atoms with Crippen LogP contribution in [0.1, 0.15) is 33.1 Å². The molecule has 0 radical (unpaired) electrons. The van der Waals surface area contributed by atoms with E-state index in [9.17, 15) is 0 Å². The minimum Gasteiger partial charge on any atom is -0.392 e. The van der Waals surface area contributed by atoms with Crippen LogP contribution < -0.4 is 5.73 Å². The Kier molecular flexibility index (Phi) is 3.47. The van der Waals surface area contributed by atoms with Crippen LogP contribution in [0.15, 0.2) is 0 Å². The fourth-order valence-electron chi connectivity index (χ4n) is 1.88. The van der Waals surface area contributed by atoms with Gasteiger partial charge in [0.05, 0.1) is 11.0 Å². The normalized spacial score (nSPS) is 26.1. The molecule has 0 aromatic rings. The number of likely N-dealkylation sites (tertiary alicyclic amines) is 1. The zero-order valence-electron chi connectivity index (χ0n) is 7.92. The molecule has 1 saturated heterocycles. The number of piperidine rings is 1. The molecule has 0 aliphatic carbocycles. The molecule has 1 atom stereocenters. The van der Waals surface area contributed by atoms with Crippen LogP contribution in [0.5, 0.6) is 0 Å². The second-order valence-corrected chi connectivity index (χ2v) is 4.22. The second-order valence-electron chi connectivity index (χ2n) is 3.75. The van der Waals surface area contributed by atoms with Gasteiger partial charge in [0.2, 0.25) is 0 Å². The number of hydrogen-bond donors (Lipinski definition) is 1. The van der Waals surface area contributed by atoms with Gasteiger partial charge >= 0.3 is 0 Å². The molecule has 1 heterocycles. The van der Waals surface area contributed by atoms with E-state index in [1.54, 1.807) is 0 Å². The first-order valence-electron chi connectivity index (χ1n) is 4.68. The number of thiocarbonyl (C=S) groups is 1. The lowest BCUT2D eigenvalue weighted by Crippen LogP contribution is -2.49. The molecule has 0 saturated carbocycles. The van der Waals surface area contributed by atoms with E-state index in [2.05, 4.69) is 18.7 Å². The van der Waals surface area contributed by atoms with Crippen LogP contribution in [0, 0.1) is 0 Å². The van der Waals surface area contributed by atoms with Gasteiger partial charge in [-0.2, -0.15) is 0 Å². The number of rotatable bonds is 2. The molecule has 1 rings (SSSR count). The Bertz CT molecular complexity index is 168. The average molecular weight is 186 g/mol. The van der Waals surface area contributed by atoms with E-state index in [1.807, 2.05) is 0 Å². The van der Waals surface area contributed by atoms with Crippen molar-refractivity contribution in [2.24, 2.45) is 5.73 Å². The van der Waals surface area contributed by atoms with Crippen molar-refractivity contribution in [1.29, 1.82) is 0 Å². The summed E-state index contributed by atoms with van der Waals surface area (Å²) in [5.41, 5.74) is 5.69. The quantitative estimate of drug-likeness (QED) is 0.663. The van der Waals surface area contributed by atoms with Crippen LogP contribution in [0.2, 0.25) is 0 Å². The van der Waals surface area contributed by atoms with Crippen LogP contribution in [-0.2, 0) is 0 Å². The van der Waals surface area contributed by atoms with Gasteiger partial charge in [-0.1, -0.05) is 18.6 Å². The first kappa shape index (κ1) is 9.93. The summed E-state index contributed by atoms with van der Waals surface area (Å²) in [5.74, 6) is 0. The Morgan fingerprint density at radius 2 is 2.17 bits per heavy atom. The molecule has 3 heteroatoms. The zero-order valence-corrected chi connectivity index (χ0v) is 8.73. The zero-order chi connectivity index (χ0) is 9.14. The van der Waals surface area contributed by atoms with Gasteiger partial charge in [-0.15, -0.1) is 0 Å². The van der Waals surface area contributed by atoms with Gasteiger partial charge in [0.15, 0.2) is 0 Å². The van der Waals surface area contributed by atoms with E-state index in [-0.39, 0.29) is 0 Å². The number of nitrogens with zero attached hydrogens (tertiary/aromatic N) is 1. The summed E-state index contributed by atoms with van der Waals surface area (Å²) in [5, 5.41) is 0. The topological polar surface area (TPSA) is 29.3 Å². The summed E-state index contributed by atoms with van der Waals surface area (Å²) in [7, 11) is 0. The molecule has 0 aromatic heterocycles. The van der Waals surface area contributed by atoms with Gasteiger partial charge in [-0.05, 0) is 33.2 Å². The number of nitrogens with two attached hydrogens (primary N) is 1. The summed E-state index contributed by atoms with van der Waals surface area (Å²) < 4.78 is 0. The Morgan fingerprint density at radius 1 is 1.50 bits per heavy atom. The Morgan fingerprint density at radius 3 is 2.58 bits per heavy atom. The number of hydrogen-bond acceptors (Lipinski definition) is 2. The maximum atomic E-state index is 5.69. The molecule has 2 N–H and O–H groups in total. The van der Waals surface area contributed by atoms with Crippen molar-refractivity contribution in [1.82, 2.24) is 4.90 Å². The summed E-state index contributed by atoms with van der Waals surface area (Å²) in [6.07, 6.45) is 3.70. The lowest BCUT2D eigenvalue weighted by atomic mass is 10.0. The van der Waals surface area contributed by atoms with Gasteiger partial charge < -0.3 is 5.73 Å². The summed E-state index contributed by atoms with van der Waals surface area (Å²) in [6.45, 7) is 5.56. The van der Waals surface area contributed by atoms with E-state index in [0.717, 1.165) is 13.0 Å². The molecule has 70 valence electrons. The summed E-state index contributed by atoms with van der Waals surface area (Å²) in [6, 6.07) is 0.922. The lowest BCUT2D eigenvalue weighted by molar-refractivity contribution is 0.152. The van der Waals surface area contributed by atoms with E-state index < -0.39 is 0 Å². The van der Waals surface area contributed by atoms with Crippen LogP contribution in [0.3, 0.4) is 0 Å². The molecular formula is C9H18N2S. The first-order valence-corrected chi connectivity index (χ1v) is 5.09. The monoisotopic (exact) mass is 186 g/mol. The van der Waals surface area contributed by atoms with Crippen LogP contribution in [0.4, 0.5) is 0 Å². The van der Waals surface area contributed by atoms with Gasteiger partial charge in [-0.3, -0.25) is 4.90 Å². The van der Waals surface area contributed by atoms with Crippen molar-refractivity contribution in [2.45, 2.75) is 45.2 Å². The van der Waals surface area contributed by atoms with E-state index in [1.165, 1.54) is 12.8 Å². The predicted molar refractivity (Wildman–Crippen MR) is 56.3 cm³/mol. The predicted octanol–water partition coefficient (Wildman–Crippen LogP) is 1.54. The molecule has 0 aromatic carbocycles. The van der Waals surface area contributed by atoms with E-state index in [4.69, 9.17) is 18.0 Å². The molecule has 1 fully saturated rings. The summed E-state index contributed by atoms with van der Waals surface area (Å²) >= 11 is 5.05. The highest BCUT2D eigenvalue weighted by Gasteiger charge is 2.25. The maximum absolute atomic E-state index is 5.69. The van der Waals surface area contributed by atoms with Gasteiger partial charge in [-0.25, -0.2) is 0 Å². The molecule has 0 amide bonds.